The molecular formula is C31H27FN8O2. The molecule has 0 unspecified atom stereocenters. The maximum atomic E-state index is 15.0. The van der Waals surface area contributed by atoms with Crippen LogP contribution in [-0.4, -0.2) is 36.0 Å². The Morgan fingerprint density at radius 3 is 2.55 bits per heavy atom. The van der Waals surface area contributed by atoms with Crippen molar-refractivity contribution in [2.24, 2.45) is 0 Å². The minimum absolute atomic E-state index is 0.00444. The Hall–Kier alpha value is -5.58. The Morgan fingerprint density at radius 1 is 0.929 bits per heavy atom. The van der Waals surface area contributed by atoms with Crippen LogP contribution >= 0.6 is 0 Å². The molecule has 0 aliphatic carbocycles. The third-order valence-electron chi connectivity index (χ3n) is 6.48. The third-order valence-corrected chi connectivity index (χ3v) is 6.48. The van der Waals surface area contributed by atoms with E-state index < -0.39 is 11.8 Å². The molecule has 0 spiro atoms. The predicted octanol–water partition coefficient (Wildman–Crippen LogP) is 7.21. The first-order valence-electron chi connectivity index (χ1n) is 13.2. The molecule has 0 saturated heterocycles. The lowest BCUT2D eigenvalue weighted by Gasteiger charge is -2.18. The van der Waals surface area contributed by atoms with Gasteiger partial charge in [-0.1, -0.05) is 12.1 Å². The number of nitrogens with zero attached hydrogens (tertiary/aromatic N) is 5. The highest BCUT2D eigenvalue weighted by molar-refractivity contribution is 6.02. The summed E-state index contributed by atoms with van der Waals surface area (Å²) in [7, 11) is 0. The van der Waals surface area contributed by atoms with Crippen LogP contribution in [0.4, 0.5) is 20.6 Å². The molecule has 6 rings (SSSR count). The quantitative estimate of drug-likeness (QED) is 0.197. The molecular weight excluding hydrogens is 535 g/mol. The summed E-state index contributed by atoms with van der Waals surface area (Å²) < 4.78 is 22.7. The van der Waals surface area contributed by atoms with Crippen molar-refractivity contribution in [2.45, 2.75) is 26.3 Å². The van der Waals surface area contributed by atoms with E-state index in [1.807, 2.05) is 51.1 Å². The number of amides is 2. The number of hydrogen-bond donors (Lipinski definition) is 3. The predicted molar refractivity (Wildman–Crippen MR) is 159 cm³/mol. The van der Waals surface area contributed by atoms with Crippen LogP contribution in [0.25, 0.3) is 33.4 Å². The zero-order valence-corrected chi connectivity index (χ0v) is 23.1. The largest absolute Gasteiger partial charge is 0.457 e. The molecule has 210 valence electrons. The molecule has 0 radical (unpaired) electrons. The van der Waals surface area contributed by atoms with Crippen molar-refractivity contribution in [3.63, 3.8) is 0 Å². The summed E-state index contributed by atoms with van der Waals surface area (Å²) in [5.41, 5.74) is 3.86. The lowest BCUT2D eigenvalue weighted by Crippen LogP contribution is -2.22. The SMILES string of the molecule is CC(C)(C)n1cc(NC(=O)Nc2ccc(Oc3ccnc(-c4cn[nH]c4)c3)cc2F)c(-c2ccc3ncccc3c2)n1. The van der Waals surface area contributed by atoms with E-state index in [9.17, 15) is 4.79 Å². The second-order valence-electron chi connectivity index (χ2n) is 10.6. The summed E-state index contributed by atoms with van der Waals surface area (Å²) in [5, 5.41) is 17.8. The number of halogens is 1. The van der Waals surface area contributed by atoms with Crippen molar-refractivity contribution < 1.29 is 13.9 Å². The zero-order chi connectivity index (χ0) is 29.3. The smallest absolute Gasteiger partial charge is 0.323 e. The second-order valence-corrected chi connectivity index (χ2v) is 10.6. The number of H-pyrrole nitrogens is 1. The van der Waals surface area contributed by atoms with Crippen molar-refractivity contribution in [1.29, 1.82) is 0 Å². The highest BCUT2D eigenvalue weighted by Crippen LogP contribution is 2.32. The molecule has 0 atom stereocenters. The van der Waals surface area contributed by atoms with Gasteiger partial charge in [-0.05, 0) is 57.2 Å². The average molecular weight is 563 g/mol. The van der Waals surface area contributed by atoms with E-state index in [1.54, 1.807) is 53.9 Å². The van der Waals surface area contributed by atoms with Gasteiger partial charge in [0.15, 0.2) is 0 Å². The van der Waals surface area contributed by atoms with E-state index in [-0.39, 0.29) is 17.0 Å². The normalized spacial score (nSPS) is 11.4. The highest BCUT2D eigenvalue weighted by atomic mass is 19.1. The zero-order valence-electron chi connectivity index (χ0n) is 23.1. The maximum Gasteiger partial charge on any atom is 0.323 e. The number of nitrogens with one attached hydrogen (secondary N) is 3. The summed E-state index contributed by atoms with van der Waals surface area (Å²) in [6, 6.07) is 16.6. The van der Waals surface area contributed by atoms with Crippen LogP contribution in [0.3, 0.4) is 0 Å². The second kappa shape index (κ2) is 10.8. The van der Waals surface area contributed by atoms with Crippen molar-refractivity contribution in [2.75, 3.05) is 10.6 Å². The standard InChI is InChI=1S/C31H27FN8O2/c1-31(2,3)40-18-28(29(39-40)20-6-8-25-19(13-20)5-4-11-33-25)38-30(41)37-26-9-7-22(14-24(26)32)42-23-10-12-34-27(15-23)21-16-35-36-17-21/h4-18H,1-3H3,(H,35,36)(H2,37,38,41). The van der Waals surface area contributed by atoms with E-state index in [1.165, 1.54) is 12.1 Å². The monoisotopic (exact) mass is 562 g/mol. The summed E-state index contributed by atoms with van der Waals surface area (Å²) in [5.74, 6) is 0.0913. The summed E-state index contributed by atoms with van der Waals surface area (Å²) in [6.45, 7) is 6.05. The summed E-state index contributed by atoms with van der Waals surface area (Å²) in [6.07, 6.45) is 8.46. The van der Waals surface area contributed by atoms with Crippen molar-refractivity contribution in [3.8, 4) is 34.0 Å². The molecule has 2 aromatic carbocycles. The van der Waals surface area contributed by atoms with Gasteiger partial charge in [0.25, 0.3) is 0 Å². The molecule has 11 heteroatoms. The molecule has 6 aromatic rings. The molecule has 4 aromatic heterocycles. The number of aromatic nitrogens is 6. The van der Waals surface area contributed by atoms with Gasteiger partial charge < -0.3 is 15.4 Å². The molecule has 0 fully saturated rings. The highest BCUT2D eigenvalue weighted by Gasteiger charge is 2.21. The van der Waals surface area contributed by atoms with Crippen LogP contribution in [0, 0.1) is 5.82 Å². The Kier molecular flexibility index (Phi) is 6.83. The minimum Gasteiger partial charge on any atom is -0.457 e. The number of carbonyl (C=O) groups excluding carboxylic acids is 1. The van der Waals surface area contributed by atoms with Crippen molar-refractivity contribution in [3.05, 3.63) is 97.5 Å². The first kappa shape index (κ1) is 26.6. The van der Waals surface area contributed by atoms with Gasteiger partial charge in [-0.25, -0.2) is 9.18 Å². The van der Waals surface area contributed by atoms with Crippen LogP contribution in [0.15, 0.2) is 91.6 Å². The average Bonchev–Trinajstić information content (AvgIpc) is 3.65. The number of benzene rings is 2. The molecule has 4 heterocycles. The molecule has 2 amide bonds. The van der Waals surface area contributed by atoms with Crippen molar-refractivity contribution in [1.82, 2.24) is 29.9 Å². The van der Waals surface area contributed by atoms with E-state index >= 15 is 4.39 Å². The molecule has 0 aliphatic heterocycles. The van der Waals surface area contributed by atoms with Crippen LogP contribution in [0.5, 0.6) is 11.5 Å². The number of hydrogen-bond acceptors (Lipinski definition) is 6. The Morgan fingerprint density at radius 2 is 1.76 bits per heavy atom. The number of pyridine rings is 2. The van der Waals surface area contributed by atoms with Gasteiger partial charge in [-0.15, -0.1) is 0 Å². The molecule has 3 N–H and O–H groups in total. The first-order valence-corrected chi connectivity index (χ1v) is 13.2. The van der Waals surface area contributed by atoms with Crippen molar-refractivity contribution >= 4 is 28.3 Å². The molecule has 0 bridgehead atoms. The van der Waals surface area contributed by atoms with Crippen LogP contribution in [0.1, 0.15) is 20.8 Å². The molecule has 0 saturated carbocycles. The Balaban J connectivity index is 1.20. The molecule has 0 aliphatic rings. The van der Waals surface area contributed by atoms with Gasteiger partial charge in [0.2, 0.25) is 0 Å². The topological polar surface area (TPSA) is 123 Å². The van der Waals surface area contributed by atoms with E-state index in [4.69, 9.17) is 9.84 Å². The fraction of sp³-hybridized carbons (Fsp3) is 0.129. The number of fused-ring (bicyclic) bond motifs is 1. The number of carbonyl (C=O) groups is 1. The molecule has 42 heavy (non-hydrogen) atoms. The third kappa shape index (κ3) is 5.66. The summed E-state index contributed by atoms with van der Waals surface area (Å²) in [4.78, 5) is 21.7. The van der Waals surface area contributed by atoms with Crippen LogP contribution in [0.2, 0.25) is 0 Å². The van der Waals surface area contributed by atoms with E-state index in [0.717, 1.165) is 22.0 Å². The fourth-order valence-corrected chi connectivity index (χ4v) is 4.34. The van der Waals surface area contributed by atoms with Gasteiger partial charge in [-0.2, -0.15) is 10.2 Å². The van der Waals surface area contributed by atoms with Crippen LogP contribution in [-0.2, 0) is 5.54 Å². The lowest BCUT2D eigenvalue weighted by atomic mass is 10.1. The number of rotatable bonds is 6. The van der Waals surface area contributed by atoms with E-state index in [2.05, 4.69) is 30.8 Å². The van der Waals surface area contributed by atoms with Gasteiger partial charge in [0.05, 0.1) is 34.3 Å². The van der Waals surface area contributed by atoms with Crippen LogP contribution < -0.4 is 15.4 Å². The first-order chi connectivity index (χ1) is 20.2. The van der Waals surface area contributed by atoms with Gasteiger partial charge in [-0.3, -0.25) is 19.7 Å². The van der Waals surface area contributed by atoms with Gasteiger partial charge in [0, 0.05) is 53.4 Å². The number of aromatic amines is 1. The summed E-state index contributed by atoms with van der Waals surface area (Å²) >= 11 is 0. The lowest BCUT2D eigenvalue weighted by molar-refractivity contribution is 0.262. The number of ether oxygens (including phenoxy) is 1. The maximum absolute atomic E-state index is 15.0. The number of urea groups is 1. The molecule has 10 nitrogen and oxygen atoms in total. The minimum atomic E-state index is -0.653. The number of anilines is 2. The van der Waals surface area contributed by atoms with Gasteiger partial charge >= 0.3 is 6.03 Å². The Labute approximate surface area is 240 Å². The Bertz CT molecular complexity index is 1890. The van der Waals surface area contributed by atoms with Gasteiger partial charge in [0.1, 0.15) is 23.0 Å². The fourth-order valence-electron chi connectivity index (χ4n) is 4.34. The van der Waals surface area contributed by atoms with E-state index in [0.29, 0.717) is 22.8 Å².